The third-order valence-corrected chi connectivity index (χ3v) is 1.67. The van der Waals surface area contributed by atoms with Crippen LogP contribution >= 0.6 is 0 Å². The monoisotopic (exact) mass is 204 g/mol. The summed E-state index contributed by atoms with van der Waals surface area (Å²) in [5.41, 5.74) is -0.0521. The molecule has 0 aliphatic rings. The Hall–Kier alpha value is -0.120. The molecule has 0 aromatic rings. The van der Waals surface area contributed by atoms with Crippen LogP contribution in [0.3, 0.4) is 0 Å². The van der Waals surface area contributed by atoms with E-state index in [1.165, 1.54) is 0 Å². The van der Waals surface area contributed by atoms with Gasteiger partial charge in [-0.25, -0.2) is 0 Å². The second kappa shape index (κ2) is 5.69. The fraction of sp³-hybridized carbons (Fsp3) is 1.00. The van der Waals surface area contributed by atoms with E-state index in [1.807, 2.05) is 0 Å². The molecule has 0 spiro atoms. The van der Waals surface area contributed by atoms with Crippen molar-refractivity contribution in [3.05, 3.63) is 0 Å². The fourth-order valence-corrected chi connectivity index (χ4v) is 0.847. The Balaban J connectivity index is 3.23. The van der Waals surface area contributed by atoms with E-state index in [9.17, 15) is 0 Å². The number of rotatable bonds is 6. The summed E-state index contributed by atoms with van der Waals surface area (Å²) in [7, 11) is 6.49. The highest BCUT2D eigenvalue weighted by Gasteiger charge is 2.09. The molecule has 0 heterocycles. The molecule has 14 heavy (non-hydrogen) atoms. The van der Waals surface area contributed by atoms with Gasteiger partial charge in [-0.1, -0.05) is 0 Å². The molecule has 0 saturated carbocycles. The first-order valence-corrected chi connectivity index (χ1v) is 5.23. The molecule has 3 nitrogen and oxygen atoms in total. The fourth-order valence-electron chi connectivity index (χ4n) is 0.847. The first kappa shape index (κ1) is 13.9. The zero-order valence-corrected chi connectivity index (χ0v) is 10.6. The molecule has 0 aliphatic heterocycles. The number of quaternary nitrogens is 1. The molecule has 0 aliphatic carbocycles. The molecule has 0 bridgehead atoms. The Kier molecular flexibility index (Phi) is 5.64. The van der Waals surface area contributed by atoms with Gasteiger partial charge in [-0.05, 0) is 20.8 Å². The quantitative estimate of drug-likeness (QED) is 0.482. The molecule has 0 N–H and O–H groups in total. The van der Waals surface area contributed by atoms with Gasteiger partial charge in [-0.15, -0.1) is 0 Å². The lowest BCUT2D eigenvalue weighted by Crippen LogP contribution is -2.37. The smallest absolute Gasteiger partial charge is 0.102 e. The standard InChI is InChI=1S/C11H26NO2/c1-11(2,3)14-10-9-13-8-7-12(4,5)6/h7-10H2,1-6H3/q+1. The lowest BCUT2D eigenvalue weighted by molar-refractivity contribution is -0.870. The van der Waals surface area contributed by atoms with Gasteiger partial charge in [0.25, 0.3) is 0 Å². The Morgan fingerprint density at radius 1 is 0.929 bits per heavy atom. The molecule has 0 aromatic carbocycles. The molecule has 0 rings (SSSR count). The second-order valence-electron chi connectivity index (χ2n) is 5.59. The van der Waals surface area contributed by atoms with Crippen LogP contribution in [0.25, 0.3) is 0 Å². The van der Waals surface area contributed by atoms with Gasteiger partial charge in [0.15, 0.2) is 0 Å². The summed E-state index contributed by atoms with van der Waals surface area (Å²) in [5, 5.41) is 0. The van der Waals surface area contributed by atoms with E-state index in [2.05, 4.69) is 41.9 Å². The third-order valence-electron chi connectivity index (χ3n) is 1.67. The Morgan fingerprint density at radius 2 is 1.50 bits per heavy atom. The maximum Gasteiger partial charge on any atom is 0.102 e. The number of nitrogens with zero attached hydrogens (tertiary/aromatic N) is 1. The van der Waals surface area contributed by atoms with Gasteiger partial charge < -0.3 is 14.0 Å². The van der Waals surface area contributed by atoms with Crippen LogP contribution in [0.2, 0.25) is 0 Å². The number of hydrogen-bond acceptors (Lipinski definition) is 2. The van der Waals surface area contributed by atoms with Gasteiger partial charge in [-0.2, -0.15) is 0 Å². The summed E-state index contributed by atoms with van der Waals surface area (Å²) < 4.78 is 11.9. The third kappa shape index (κ3) is 11.9. The number of likely N-dealkylation sites (N-methyl/N-ethyl adjacent to an activating group) is 1. The topological polar surface area (TPSA) is 18.5 Å². The van der Waals surface area contributed by atoms with Crippen molar-refractivity contribution in [1.29, 1.82) is 0 Å². The molecular weight excluding hydrogens is 178 g/mol. The predicted octanol–water partition coefficient (Wildman–Crippen LogP) is 1.52. The minimum atomic E-state index is -0.0521. The van der Waals surface area contributed by atoms with Crippen molar-refractivity contribution in [3.63, 3.8) is 0 Å². The predicted molar refractivity (Wildman–Crippen MR) is 59.4 cm³/mol. The molecule has 0 radical (unpaired) electrons. The highest BCUT2D eigenvalue weighted by atomic mass is 16.5. The summed E-state index contributed by atoms with van der Waals surface area (Å²) >= 11 is 0. The van der Waals surface area contributed by atoms with Gasteiger partial charge >= 0.3 is 0 Å². The van der Waals surface area contributed by atoms with Crippen molar-refractivity contribution in [3.8, 4) is 0 Å². The van der Waals surface area contributed by atoms with Crippen LogP contribution in [-0.4, -0.2) is 57.6 Å². The van der Waals surface area contributed by atoms with Gasteiger partial charge in [0.1, 0.15) is 6.54 Å². The highest BCUT2D eigenvalue weighted by molar-refractivity contribution is 4.57. The molecule has 86 valence electrons. The van der Waals surface area contributed by atoms with Crippen molar-refractivity contribution < 1.29 is 14.0 Å². The van der Waals surface area contributed by atoms with E-state index in [0.717, 1.165) is 17.6 Å². The van der Waals surface area contributed by atoms with Crippen LogP contribution in [0.1, 0.15) is 20.8 Å². The second-order valence-corrected chi connectivity index (χ2v) is 5.59. The highest BCUT2D eigenvalue weighted by Crippen LogP contribution is 2.05. The summed E-state index contributed by atoms with van der Waals surface area (Å²) in [5.74, 6) is 0. The molecule has 0 atom stereocenters. The molecule has 0 amide bonds. The molecule has 0 saturated heterocycles. The average Bonchev–Trinajstić information content (AvgIpc) is 1.92. The Bertz CT molecular complexity index is 126. The van der Waals surface area contributed by atoms with Crippen LogP contribution in [0.4, 0.5) is 0 Å². The van der Waals surface area contributed by atoms with E-state index >= 15 is 0 Å². The Labute approximate surface area is 88.6 Å². The molecule has 0 unspecified atom stereocenters. The summed E-state index contributed by atoms with van der Waals surface area (Å²) in [6.07, 6.45) is 0. The first-order valence-electron chi connectivity index (χ1n) is 5.23. The SMILES string of the molecule is CC(C)(C)OCCOCC[N+](C)(C)C. The summed E-state index contributed by atoms with van der Waals surface area (Å²) in [4.78, 5) is 0. The molecule has 0 fully saturated rings. The van der Waals surface area contributed by atoms with Crippen LogP contribution in [0.5, 0.6) is 0 Å². The van der Waals surface area contributed by atoms with E-state index in [0.29, 0.717) is 13.2 Å². The van der Waals surface area contributed by atoms with Crippen LogP contribution < -0.4 is 0 Å². The lowest BCUT2D eigenvalue weighted by Gasteiger charge is -2.24. The maximum absolute atomic E-state index is 5.53. The maximum atomic E-state index is 5.53. The lowest BCUT2D eigenvalue weighted by atomic mass is 10.2. The van der Waals surface area contributed by atoms with Gasteiger partial charge in [0, 0.05) is 0 Å². The molecule has 0 aromatic heterocycles. The van der Waals surface area contributed by atoms with Crippen molar-refractivity contribution in [2.75, 3.05) is 47.5 Å². The van der Waals surface area contributed by atoms with Crippen LogP contribution in [0, 0.1) is 0 Å². The summed E-state index contributed by atoms with van der Waals surface area (Å²) in [6, 6.07) is 0. The van der Waals surface area contributed by atoms with Gasteiger partial charge in [0.05, 0.1) is 46.6 Å². The first-order chi connectivity index (χ1) is 6.21. The average molecular weight is 204 g/mol. The minimum Gasteiger partial charge on any atom is -0.373 e. The number of ether oxygens (including phenoxy) is 2. The van der Waals surface area contributed by atoms with E-state index in [-0.39, 0.29) is 5.60 Å². The van der Waals surface area contributed by atoms with Gasteiger partial charge in [-0.3, -0.25) is 0 Å². The molecular formula is C11H26NO2+. The van der Waals surface area contributed by atoms with E-state index in [4.69, 9.17) is 9.47 Å². The van der Waals surface area contributed by atoms with Crippen LogP contribution in [0.15, 0.2) is 0 Å². The molecule has 3 heteroatoms. The van der Waals surface area contributed by atoms with Crippen molar-refractivity contribution >= 4 is 0 Å². The zero-order chi connectivity index (χ0) is 11.2. The van der Waals surface area contributed by atoms with E-state index < -0.39 is 0 Å². The van der Waals surface area contributed by atoms with Crippen molar-refractivity contribution in [2.45, 2.75) is 26.4 Å². The zero-order valence-electron chi connectivity index (χ0n) is 10.6. The van der Waals surface area contributed by atoms with Crippen molar-refractivity contribution in [1.82, 2.24) is 0 Å². The largest absolute Gasteiger partial charge is 0.373 e. The van der Waals surface area contributed by atoms with Crippen molar-refractivity contribution in [2.24, 2.45) is 0 Å². The van der Waals surface area contributed by atoms with Crippen LogP contribution in [-0.2, 0) is 9.47 Å². The summed E-state index contributed by atoms with van der Waals surface area (Å²) in [6.45, 7) is 9.38. The Morgan fingerprint density at radius 3 is 1.93 bits per heavy atom. The minimum absolute atomic E-state index is 0.0521. The van der Waals surface area contributed by atoms with E-state index in [1.54, 1.807) is 0 Å². The van der Waals surface area contributed by atoms with Gasteiger partial charge in [0.2, 0.25) is 0 Å². The normalized spacial score (nSPS) is 13.3. The number of hydrogen-bond donors (Lipinski definition) is 0.